The van der Waals surface area contributed by atoms with Crippen LogP contribution >= 0.6 is 11.3 Å². The number of para-hydroxylation sites is 1. The molecule has 0 N–H and O–H groups in total. The molecule has 3 heterocycles. The third-order valence-corrected chi connectivity index (χ3v) is 5.54. The van der Waals surface area contributed by atoms with Gasteiger partial charge in [-0.15, -0.1) is 11.3 Å². The smallest absolute Gasteiger partial charge is 0.297 e. The zero-order chi connectivity index (χ0) is 19.8. The first kappa shape index (κ1) is 17.6. The topological polar surface area (TPSA) is 70.2 Å². The van der Waals surface area contributed by atoms with Crippen LogP contribution in [-0.4, -0.2) is 14.5 Å². The van der Waals surface area contributed by atoms with Crippen molar-refractivity contribution in [3.8, 4) is 5.75 Å². The van der Waals surface area contributed by atoms with E-state index in [2.05, 4.69) is 9.97 Å². The van der Waals surface area contributed by atoms with Gasteiger partial charge in [0.2, 0.25) is 5.58 Å². The Hall–Kier alpha value is -3.45. The van der Waals surface area contributed by atoms with Crippen molar-refractivity contribution in [1.29, 1.82) is 0 Å². The van der Waals surface area contributed by atoms with Gasteiger partial charge in [-0.3, -0.25) is 9.36 Å². The molecule has 0 amide bonds. The second-order valence-electron chi connectivity index (χ2n) is 6.79. The quantitative estimate of drug-likeness (QED) is 0.431. The van der Waals surface area contributed by atoms with Crippen LogP contribution < -0.4 is 10.3 Å². The summed E-state index contributed by atoms with van der Waals surface area (Å²) in [6.45, 7) is 2.76. The summed E-state index contributed by atoms with van der Waals surface area (Å²) in [4.78, 5) is 21.8. The number of furan rings is 1. The Balaban J connectivity index is 1.36. The molecule has 0 radical (unpaired) electrons. The van der Waals surface area contributed by atoms with Gasteiger partial charge in [-0.2, -0.15) is 0 Å². The number of benzene rings is 2. The maximum Gasteiger partial charge on any atom is 0.297 e. The molecule has 0 aliphatic heterocycles. The van der Waals surface area contributed by atoms with Crippen LogP contribution in [0, 0.1) is 6.92 Å². The van der Waals surface area contributed by atoms with Crippen LogP contribution in [-0.2, 0) is 13.2 Å². The largest absolute Gasteiger partial charge is 0.486 e. The van der Waals surface area contributed by atoms with Gasteiger partial charge in [0.1, 0.15) is 28.5 Å². The number of aryl methyl sites for hydroxylation is 1. The van der Waals surface area contributed by atoms with Crippen molar-refractivity contribution in [2.45, 2.75) is 20.1 Å². The molecular weight excluding hydrogens is 386 g/mol. The van der Waals surface area contributed by atoms with Crippen LogP contribution in [0.3, 0.4) is 0 Å². The first-order valence-corrected chi connectivity index (χ1v) is 10.0. The Morgan fingerprint density at radius 1 is 1.14 bits per heavy atom. The van der Waals surface area contributed by atoms with E-state index in [1.807, 2.05) is 60.8 Å². The van der Waals surface area contributed by atoms with Gasteiger partial charge in [0.15, 0.2) is 0 Å². The van der Waals surface area contributed by atoms with Gasteiger partial charge in [-0.1, -0.05) is 29.8 Å². The predicted molar refractivity (Wildman–Crippen MR) is 113 cm³/mol. The van der Waals surface area contributed by atoms with E-state index in [1.165, 1.54) is 21.5 Å². The number of hydrogen-bond donors (Lipinski definition) is 0. The molecule has 0 aliphatic rings. The van der Waals surface area contributed by atoms with E-state index < -0.39 is 0 Å². The zero-order valence-electron chi connectivity index (χ0n) is 15.7. The summed E-state index contributed by atoms with van der Waals surface area (Å²) in [5, 5.41) is 3.63. The van der Waals surface area contributed by atoms with E-state index in [9.17, 15) is 4.79 Å². The number of hydrogen-bond acceptors (Lipinski definition) is 6. The highest BCUT2D eigenvalue weighted by Gasteiger charge is 2.14. The lowest BCUT2D eigenvalue weighted by atomic mass is 10.2. The van der Waals surface area contributed by atoms with Gasteiger partial charge >= 0.3 is 0 Å². The summed E-state index contributed by atoms with van der Waals surface area (Å²) in [6, 6.07) is 15.4. The van der Waals surface area contributed by atoms with Crippen LogP contribution in [0.4, 0.5) is 0 Å². The molecule has 0 saturated carbocycles. The fourth-order valence-electron chi connectivity index (χ4n) is 3.17. The Labute approximate surface area is 170 Å². The minimum Gasteiger partial charge on any atom is -0.486 e. The number of thiazole rings is 1. The summed E-state index contributed by atoms with van der Waals surface area (Å²) < 4.78 is 13.0. The molecule has 0 spiro atoms. The Kier molecular flexibility index (Phi) is 4.37. The van der Waals surface area contributed by atoms with Crippen molar-refractivity contribution in [2.24, 2.45) is 0 Å². The standard InChI is InChI=1S/C22H17N3O3S/c1-14-6-8-16(9-7-14)27-11-19-24-15(12-29-19)10-25-13-23-20-17-4-2-3-5-18(17)28-21(20)22(25)26/h2-9,12-13H,10-11H2,1H3. The number of ether oxygens (including phenoxy) is 1. The van der Waals surface area contributed by atoms with Gasteiger partial charge < -0.3 is 9.15 Å². The third kappa shape index (κ3) is 3.40. The molecule has 0 bridgehead atoms. The lowest BCUT2D eigenvalue weighted by Crippen LogP contribution is -2.20. The number of nitrogens with zero attached hydrogens (tertiary/aromatic N) is 3. The van der Waals surface area contributed by atoms with Crippen LogP contribution in [0.25, 0.3) is 22.1 Å². The van der Waals surface area contributed by atoms with Crippen LogP contribution in [0.15, 0.2) is 69.5 Å². The lowest BCUT2D eigenvalue weighted by Gasteiger charge is -2.04. The van der Waals surface area contributed by atoms with E-state index in [0.29, 0.717) is 24.3 Å². The second-order valence-corrected chi connectivity index (χ2v) is 7.73. The molecule has 0 saturated heterocycles. The van der Waals surface area contributed by atoms with Crippen LogP contribution in [0.1, 0.15) is 16.3 Å². The molecular formula is C22H17N3O3S. The molecule has 0 atom stereocenters. The van der Waals surface area contributed by atoms with Gasteiger partial charge in [-0.25, -0.2) is 9.97 Å². The van der Waals surface area contributed by atoms with E-state index >= 15 is 0 Å². The molecule has 29 heavy (non-hydrogen) atoms. The Bertz CT molecular complexity index is 1370. The molecule has 2 aromatic carbocycles. The summed E-state index contributed by atoms with van der Waals surface area (Å²) in [7, 11) is 0. The molecule has 0 unspecified atom stereocenters. The molecule has 0 fully saturated rings. The molecule has 3 aromatic heterocycles. The van der Waals surface area contributed by atoms with Gasteiger partial charge in [0.25, 0.3) is 5.56 Å². The zero-order valence-corrected chi connectivity index (χ0v) is 16.5. The van der Waals surface area contributed by atoms with Crippen molar-refractivity contribution >= 4 is 33.4 Å². The van der Waals surface area contributed by atoms with Crippen molar-refractivity contribution in [3.63, 3.8) is 0 Å². The first-order chi connectivity index (χ1) is 14.2. The number of fused-ring (bicyclic) bond motifs is 3. The van der Waals surface area contributed by atoms with Gasteiger partial charge in [0, 0.05) is 10.8 Å². The van der Waals surface area contributed by atoms with E-state index in [-0.39, 0.29) is 11.1 Å². The third-order valence-electron chi connectivity index (χ3n) is 4.67. The lowest BCUT2D eigenvalue weighted by molar-refractivity contribution is 0.305. The van der Waals surface area contributed by atoms with Crippen molar-refractivity contribution in [1.82, 2.24) is 14.5 Å². The monoisotopic (exact) mass is 403 g/mol. The summed E-state index contributed by atoms with van der Waals surface area (Å²) >= 11 is 1.51. The maximum atomic E-state index is 12.8. The average Bonchev–Trinajstić information content (AvgIpc) is 3.34. The highest BCUT2D eigenvalue weighted by molar-refractivity contribution is 7.09. The van der Waals surface area contributed by atoms with Crippen molar-refractivity contribution in [3.05, 3.63) is 86.9 Å². The summed E-state index contributed by atoms with van der Waals surface area (Å²) in [5.41, 5.74) is 3.29. The maximum absolute atomic E-state index is 12.8. The number of aromatic nitrogens is 3. The minimum absolute atomic E-state index is 0.211. The summed E-state index contributed by atoms with van der Waals surface area (Å²) in [5.74, 6) is 0.808. The average molecular weight is 403 g/mol. The fraction of sp³-hybridized carbons (Fsp3) is 0.136. The molecule has 5 aromatic rings. The molecule has 7 heteroatoms. The molecule has 5 rings (SSSR count). The van der Waals surface area contributed by atoms with Crippen molar-refractivity contribution in [2.75, 3.05) is 0 Å². The van der Waals surface area contributed by atoms with E-state index in [1.54, 1.807) is 6.33 Å². The Morgan fingerprint density at radius 3 is 2.83 bits per heavy atom. The Morgan fingerprint density at radius 2 is 1.97 bits per heavy atom. The van der Waals surface area contributed by atoms with E-state index in [0.717, 1.165) is 21.8 Å². The molecule has 6 nitrogen and oxygen atoms in total. The van der Waals surface area contributed by atoms with Gasteiger partial charge in [-0.05, 0) is 31.2 Å². The van der Waals surface area contributed by atoms with Crippen LogP contribution in [0.5, 0.6) is 5.75 Å². The highest BCUT2D eigenvalue weighted by atomic mass is 32.1. The molecule has 144 valence electrons. The second kappa shape index (κ2) is 7.18. The normalized spacial score (nSPS) is 11.3. The first-order valence-electron chi connectivity index (χ1n) is 9.17. The van der Waals surface area contributed by atoms with E-state index in [4.69, 9.17) is 9.15 Å². The number of rotatable bonds is 5. The SMILES string of the molecule is Cc1ccc(OCc2nc(Cn3cnc4c(oc5ccccc54)c3=O)cs2)cc1. The van der Waals surface area contributed by atoms with Crippen molar-refractivity contribution < 1.29 is 9.15 Å². The minimum atomic E-state index is -0.211. The van der Waals surface area contributed by atoms with Crippen LogP contribution in [0.2, 0.25) is 0 Å². The highest BCUT2D eigenvalue weighted by Crippen LogP contribution is 2.24. The fourth-order valence-corrected chi connectivity index (χ4v) is 3.87. The van der Waals surface area contributed by atoms with Gasteiger partial charge in [0.05, 0.1) is 18.6 Å². The predicted octanol–water partition coefficient (Wildman–Crippen LogP) is 4.53. The molecule has 0 aliphatic carbocycles. The summed E-state index contributed by atoms with van der Waals surface area (Å²) in [6.07, 6.45) is 1.55.